The van der Waals surface area contributed by atoms with Gasteiger partial charge in [0, 0.05) is 25.0 Å². The molecular formula is C22H25F3N2O5S. The van der Waals surface area contributed by atoms with Crippen LogP contribution in [0.4, 0.5) is 18.9 Å². The third-order valence-corrected chi connectivity index (χ3v) is 6.44. The van der Waals surface area contributed by atoms with Crippen molar-refractivity contribution in [1.29, 1.82) is 0 Å². The van der Waals surface area contributed by atoms with Crippen LogP contribution in [0.25, 0.3) is 0 Å². The van der Waals surface area contributed by atoms with Gasteiger partial charge in [0.15, 0.2) is 9.84 Å². The number of alkyl halides is 3. The van der Waals surface area contributed by atoms with Crippen LogP contribution in [-0.2, 0) is 32.2 Å². The molecule has 2 aromatic carbocycles. The summed E-state index contributed by atoms with van der Waals surface area (Å²) in [5.74, 6) is -0.696. The molecule has 0 unspecified atom stereocenters. The van der Waals surface area contributed by atoms with Crippen LogP contribution in [0.1, 0.15) is 24.0 Å². The lowest BCUT2D eigenvalue weighted by molar-refractivity contribution is -0.137. The number of hydrogen-bond acceptors (Lipinski definition) is 6. The second-order valence-corrected chi connectivity index (χ2v) is 9.97. The van der Waals surface area contributed by atoms with Gasteiger partial charge in [-0.1, -0.05) is 12.1 Å². The van der Waals surface area contributed by atoms with E-state index in [1.54, 1.807) is 0 Å². The lowest BCUT2D eigenvalue weighted by Gasteiger charge is -2.31. The Morgan fingerprint density at radius 1 is 1.15 bits per heavy atom. The number of phenolic OH excluding ortho intramolecular Hbond substituents is 1. The molecular weight excluding hydrogens is 461 g/mol. The highest BCUT2D eigenvalue weighted by Crippen LogP contribution is 2.29. The van der Waals surface area contributed by atoms with Gasteiger partial charge in [-0.15, -0.1) is 0 Å². The molecule has 0 spiro atoms. The highest BCUT2D eigenvalue weighted by Gasteiger charge is 2.30. The molecule has 1 saturated heterocycles. The molecule has 2 aromatic rings. The Bertz CT molecular complexity index is 1080. The fourth-order valence-corrected chi connectivity index (χ4v) is 4.32. The van der Waals surface area contributed by atoms with Gasteiger partial charge in [0.2, 0.25) is 5.91 Å². The average molecular weight is 487 g/mol. The van der Waals surface area contributed by atoms with E-state index in [4.69, 9.17) is 4.74 Å². The largest absolute Gasteiger partial charge is 0.507 e. The summed E-state index contributed by atoms with van der Waals surface area (Å²) in [6.45, 7) is 1.54. The smallest absolute Gasteiger partial charge is 0.416 e. The zero-order valence-corrected chi connectivity index (χ0v) is 18.7. The molecule has 1 heterocycles. The van der Waals surface area contributed by atoms with Crippen LogP contribution in [0.5, 0.6) is 5.75 Å². The Morgan fingerprint density at radius 3 is 2.36 bits per heavy atom. The number of halogens is 3. The number of carbonyl (C=O) groups is 1. The summed E-state index contributed by atoms with van der Waals surface area (Å²) in [4.78, 5) is 14.0. The monoisotopic (exact) mass is 486 g/mol. The molecule has 1 aliphatic heterocycles. The third-order valence-electron chi connectivity index (χ3n) is 5.31. The van der Waals surface area contributed by atoms with Crippen LogP contribution < -0.4 is 5.32 Å². The number of anilines is 1. The molecule has 1 aliphatic rings. The van der Waals surface area contributed by atoms with Crippen molar-refractivity contribution in [1.82, 2.24) is 4.90 Å². The van der Waals surface area contributed by atoms with Crippen molar-refractivity contribution in [2.75, 3.05) is 31.2 Å². The van der Waals surface area contributed by atoms with Crippen molar-refractivity contribution in [3.05, 3.63) is 53.6 Å². The highest BCUT2D eigenvalue weighted by atomic mass is 32.2. The van der Waals surface area contributed by atoms with E-state index in [2.05, 4.69) is 5.32 Å². The fraction of sp³-hybridized carbons (Fsp3) is 0.409. The maximum absolute atomic E-state index is 12.6. The van der Waals surface area contributed by atoms with Crippen LogP contribution in [0, 0.1) is 0 Å². The van der Waals surface area contributed by atoms with Crippen LogP contribution in [0.3, 0.4) is 0 Å². The number of carbonyl (C=O) groups excluding carboxylic acids is 1. The number of ether oxygens (including phenoxy) is 1. The number of piperidine rings is 1. The second-order valence-electron chi connectivity index (χ2n) is 7.98. The normalized spacial score (nSPS) is 16.0. The van der Waals surface area contributed by atoms with Gasteiger partial charge in [-0.3, -0.25) is 9.69 Å². The summed E-state index contributed by atoms with van der Waals surface area (Å²) >= 11 is 0. The van der Waals surface area contributed by atoms with Gasteiger partial charge >= 0.3 is 6.18 Å². The highest BCUT2D eigenvalue weighted by molar-refractivity contribution is 7.90. The first kappa shape index (κ1) is 25.0. The van der Waals surface area contributed by atoms with Gasteiger partial charge in [-0.05, 0) is 48.7 Å². The molecule has 7 nitrogen and oxygen atoms in total. The van der Waals surface area contributed by atoms with E-state index in [1.807, 2.05) is 4.90 Å². The summed E-state index contributed by atoms with van der Waals surface area (Å²) in [7, 11) is -3.64. The van der Waals surface area contributed by atoms with Crippen LogP contribution >= 0.6 is 0 Å². The number of aromatic hydroxyl groups is 1. The van der Waals surface area contributed by atoms with E-state index in [-0.39, 0.29) is 41.5 Å². The zero-order chi connectivity index (χ0) is 24.2. The average Bonchev–Trinajstić information content (AvgIpc) is 2.73. The van der Waals surface area contributed by atoms with Gasteiger partial charge in [0.1, 0.15) is 10.6 Å². The number of hydrogen-bond donors (Lipinski definition) is 2. The zero-order valence-electron chi connectivity index (χ0n) is 17.9. The molecule has 1 amide bonds. The molecule has 3 rings (SSSR count). The first-order valence-corrected chi connectivity index (χ1v) is 12.1. The van der Waals surface area contributed by atoms with Gasteiger partial charge < -0.3 is 15.2 Å². The van der Waals surface area contributed by atoms with Crippen molar-refractivity contribution >= 4 is 21.4 Å². The van der Waals surface area contributed by atoms with Crippen LogP contribution in [0.15, 0.2) is 47.4 Å². The standard InChI is InChI=1S/C22H25F3N2O5S/c1-33(30,31)20-12-17(6-7-19(20)28)26-21(29)13-27-10-8-18(9-11-27)32-14-15-2-4-16(5-3-15)22(23,24)25/h2-7,12,18,28H,8-11,13-14H2,1H3,(H,26,29). The Morgan fingerprint density at radius 2 is 1.79 bits per heavy atom. The quantitative estimate of drug-likeness (QED) is 0.583. The van der Waals surface area contributed by atoms with E-state index in [0.29, 0.717) is 31.5 Å². The van der Waals surface area contributed by atoms with Crippen molar-refractivity contribution in [3.63, 3.8) is 0 Å². The van der Waals surface area contributed by atoms with E-state index in [9.17, 15) is 31.5 Å². The molecule has 0 radical (unpaired) electrons. The van der Waals surface area contributed by atoms with Gasteiger partial charge in [-0.2, -0.15) is 13.2 Å². The lowest BCUT2D eigenvalue weighted by atomic mass is 10.1. The Balaban J connectivity index is 1.43. The SMILES string of the molecule is CS(=O)(=O)c1cc(NC(=O)CN2CCC(OCc3ccc(C(F)(F)F)cc3)CC2)ccc1O. The van der Waals surface area contributed by atoms with Gasteiger partial charge in [0.05, 0.1) is 24.8 Å². The molecule has 0 bridgehead atoms. The number of phenols is 1. The molecule has 180 valence electrons. The summed E-state index contributed by atoms with van der Waals surface area (Å²) in [6, 6.07) is 8.72. The second kappa shape index (κ2) is 10.1. The molecule has 2 N–H and O–H groups in total. The van der Waals surface area contributed by atoms with E-state index >= 15 is 0 Å². The first-order chi connectivity index (χ1) is 15.4. The molecule has 0 aromatic heterocycles. The van der Waals surface area contributed by atoms with E-state index in [0.717, 1.165) is 18.4 Å². The first-order valence-electron chi connectivity index (χ1n) is 10.2. The summed E-state index contributed by atoms with van der Waals surface area (Å²) in [5.41, 5.74) is 0.234. The number of nitrogens with one attached hydrogen (secondary N) is 1. The molecule has 0 saturated carbocycles. The van der Waals surface area contributed by atoms with Gasteiger partial charge in [0.25, 0.3) is 0 Å². The number of nitrogens with zero attached hydrogens (tertiary/aromatic N) is 1. The lowest BCUT2D eigenvalue weighted by Crippen LogP contribution is -2.41. The minimum absolute atomic E-state index is 0.0546. The molecule has 1 fully saturated rings. The number of amides is 1. The Hall–Kier alpha value is -2.63. The van der Waals surface area contributed by atoms with Crippen LogP contribution in [-0.4, -0.2) is 56.3 Å². The van der Waals surface area contributed by atoms with Crippen LogP contribution in [0.2, 0.25) is 0 Å². The molecule has 33 heavy (non-hydrogen) atoms. The van der Waals surface area contributed by atoms with E-state index in [1.165, 1.54) is 30.3 Å². The summed E-state index contributed by atoms with van der Waals surface area (Å²) < 4.78 is 67.1. The fourth-order valence-electron chi connectivity index (χ4n) is 3.53. The predicted octanol–water partition coefficient (Wildman–Crippen LogP) is 3.43. The molecule has 11 heteroatoms. The van der Waals surface area contributed by atoms with Crippen molar-refractivity contribution < 1.29 is 36.2 Å². The van der Waals surface area contributed by atoms with E-state index < -0.39 is 21.6 Å². The summed E-state index contributed by atoms with van der Waals surface area (Å²) in [6.07, 6.45) is -2.11. The maximum atomic E-state index is 12.6. The molecule has 0 aliphatic carbocycles. The Kier molecular flexibility index (Phi) is 7.65. The minimum atomic E-state index is -4.36. The third kappa shape index (κ3) is 7.18. The van der Waals surface area contributed by atoms with Crippen molar-refractivity contribution in [2.24, 2.45) is 0 Å². The predicted molar refractivity (Wildman–Crippen MR) is 116 cm³/mol. The number of likely N-dealkylation sites (tertiary alicyclic amines) is 1. The van der Waals surface area contributed by atoms with Gasteiger partial charge in [-0.25, -0.2) is 8.42 Å². The maximum Gasteiger partial charge on any atom is 0.416 e. The Labute approximate surface area is 190 Å². The number of rotatable bonds is 7. The number of benzene rings is 2. The van der Waals surface area contributed by atoms with Crippen molar-refractivity contribution in [3.8, 4) is 5.75 Å². The van der Waals surface area contributed by atoms with Crippen molar-refractivity contribution in [2.45, 2.75) is 36.6 Å². The number of sulfone groups is 1. The molecule has 0 atom stereocenters. The topological polar surface area (TPSA) is 95.9 Å². The summed E-state index contributed by atoms with van der Waals surface area (Å²) in [5, 5.41) is 12.3. The minimum Gasteiger partial charge on any atom is -0.507 e.